The first-order valence-corrected chi connectivity index (χ1v) is 11.1. The van der Waals surface area contributed by atoms with Crippen molar-refractivity contribution < 1.29 is 13.2 Å². The first-order valence-electron chi connectivity index (χ1n) is 8.37. The zero-order chi connectivity index (χ0) is 19.8. The average Bonchev–Trinajstić information content (AvgIpc) is 2.91. The van der Waals surface area contributed by atoms with Gasteiger partial charge in [-0.25, -0.2) is 18.4 Å². The van der Waals surface area contributed by atoms with Gasteiger partial charge >= 0.3 is 0 Å². The standard InChI is InChI=1S/C17H18Cl2N4O3S/c1-4-6-12-14-15(23(3)22-12)16(18)21-17(20-14)11-9-10(27(19,24)25)7-8-13(11)26-5-2/h7-9H,4-6H2,1-3H3. The Morgan fingerprint density at radius 1 is 1.22 bits per heavy atom. The number of aromatic nitrogens is 4. The van der Waals surface area contributed by atoms with Gasteiger partial charge in [-0.05, 0) is 31.5 Å². The quantitative estimate of drug-likeness (QED) is 0.436. The van der Waals surface area contributed by atoms with Crippen LogP contribution in [-0.4, -0.2) is 34.8 Å². The third-order valence-corrected chi connectivity index (χ3v) is 5.58. The summed E-state index contributed by atoms with van der Waals surface area (Å²) in [5.74, 6) is 0.696. The highest BCUT2D eigenvalue weighted by Gasteiger charge is 2.20. The molecular weight excluding hydrogens is 411 g/mol. The van der Waals surface area contributed by atoms with Crippen molar-refractivity contribution in [2.24, 2.45) is 7.05 Å². The molecule has 0 saturated carbocycles. The van der Waals surface area contributed by atoms with E-state index >= 15 is 0 Å². The van der Waals surface area contributed by atoms with Crippen LogP contribution >= 0.6 is 22.3 Å². The van der Waals surface area contributed by atoms with Crippen LogP contribution in [0.4, 0.5) is 0 Å². The Balaban J connectivity index is 2.29. The molecule has 0 saturated heterocycles. The summed E-state index contributed by atoms with van der Waals surface area (Å²) >= 11 is 6.39. The van der Waals surface area contributed by atoms with E-state index in [1.165, 1.54) is 18.2 Å². The maximum atomic E-state index is 11.8. The molecule has 10 heteroatoms. The van der Waals surface area contributed by atoms with Gasteiger partial charge in [0.1, 0.15) is 16.8 Å². The van der Waals surface area contributed by atoms with Gasteiger partial charge in [-0.1, -0.05) is 24.9 Å². The van der Waals surface area contributed by atoms with E-state index in [4.69, 9.17) is 27.0 Å². The first kappa shape index (κ1) is 19.9. The Hall–Kier alpha value is -1.90. The highest BCUT2D eigenvalue weighted by atomic mass is 35.7. The average molecular weight is 429 g/mol. The predicted octanol–water partition coefficient (Wildman–Crippen LogP) is 3.96. The summed E-state index contributed by atoms with van der Waals surface area (Å²) in [5.41, 5.74) is 2.46. The zero-order valence-corrected chi connectivity index (χ0v) is 17.4. The van der Waals surface area contributed by atoms with E-state index in [9.17, 15) is 8.42 Å². The Morgan fingerprint density at radius 2 is 1.96 bits per heavy atom. The SMILES string of the molecule is CCCc1nn(C)c2c(Cl)nc(-c3cc(S(=O)(=O)Cl)ccc3OCC)nc12. The van der Waals surface area contributed by atoms with Crippen LogP contribution in [0.15, 0.2) is 23.1 Å². The van der Waals surface area contributed by atoms with Crippen LogP contribution in [0.3, 0.4) is 0 Å². The second kappa shape index (κ2) is 7.61. The van der Waals surface area contributed by atoms with Crippen LogP contribution in [-0.2, 0) is 22.5 Å². The minimum absolute atomic E-state index is 0.0672. The molecule has 27 heavy (non-hydrogen) atoms. The molecule has 0 spiro atoms. The van der Waals surface area contributed by atoms with Crippen LogP contribution in [0.25, 0.3) is 22.4 Å². The Bertz CT molecular complexity index is 1110. The van der Waals surface area contributed by atoms with Crippen LogP contribution < -0.4 is 4.74 Å². The fourth-order valence-electron chi connectivity index (χ4n) is 2.84. The molecule has 7 nitrogen and oxygen atoms in total. The summed E-state index contributed by atoms with van der Waals surface area (Å²) < 4.78 is 30.8. The predicted molar refractivity (Wildman–Crippen MR) is 105 cm³/mol. The van der Waals surface area contributed by atoms with Gasteiger partial charge in [-0.2, -0.15) is 5.10 Å². The molecule has 0 aliphatic carbocycles. The molecule has 3 aromatic rings. The van der Waals surface area contributed by atoms with E-state index < -0.39 is 9.05 Å². The molecule has 2 aromatic heterocycles. The Morgan fingerprint density at radius 3 is 2.59 bits per heavy atom. The number of aryl methyl sites for hydroxylation is 2. The van der Waals surface area contributed by atoms with E-state index in [1.54, 1.807) is 11.7 Å². The van der Waals surface area contributed by atoms with Gasteiger partial charge in [-0.3, -0.25) is 4.68 Å². The lowest BCUT2D eigenvalue weighted by Crippen LogP contribution is -2.00. The molecule has 0 aliphatic rings. The van der Waals surface area contributed by atoms with Gasteiger partial charge in [-0.15, -0.1) is 0 Å². The minimum atomic E-state index is -3.92. The fraction of sp³-hybridized carbons (Fsp3) is 0.353. The maximum absolute atomic E-state index is 11.8. The Kier molecular flexibility index (Phi) is 5.60. The molecule has 0 bridgehead atoms. The third-order valence-electron chi connectivity index (χ3n) is 3.97. The molecule has 0 fully saturated rings. The molecule has 0 N–H and O–H groups in total. The van der Waals surface area contributed by atoms with Gasteiger partial charge in [0.05, 0.1) is 22.8 Å². The van der Waals surface area contributed by atoms with Crippen molar-refractivity contribution in [2.45, 2.75) is 31.6 Å². The van der Waals surface area contributed by atoms with E-state index in [2.05, 4.69) is 15.1 Å². The maximum Gasteiger partial charge on any atom is 0.261 e. The van der Waals surface area contributed by atoms with Crippen molar-refractivity contribution in [3.63, 3.8) is 0 Å². The molecule has 0 atom stereocenters. The molecule has 0 amide bonds. The van der Waals surface area contributed by atoms with Crippen molar-refractivity contribution >= 4 is 42.4 Å². The second-order valence-electron chi connectivity index (χ2n) is 5.88. The number of ether oxygens (including phenoxy) is 1. The number of hydrogen-bond donors (Lipinski definition) is 0. The van der Waals surface area contributed by atoms with Crippen molar-refractivity contribution in [3.05, 3.63) is 29.0 Å². The number of benzene rings is 1. The Labute approximate surface area is 166 Å². The lowest BCUT2D eigenvalue weighted by Gasteiger charge is -2.11. The van der Waals surface area contributed by atoms with E-state index in [-0.39, 0.29) is 15.9 Å². The summed E-state index contributed by atoms with van der Waals surface area (Å²) in [6, 6.07) is 4.30. The zero-order valence-electron chi connectivity index (χ0n) is 15.0. The van der Waals surface area contributed by atoms with Crippen molar-refractivity contribution in [3.8, 4) is 17.1 Å². The number of rotatable bonds is 6. The van der Waals surface area contributed by atoms with E-state index in [1.807, 2.05) is 13.8 Å². The van der Waals surface area contributed by atoms with Gasteiger partial charge in [0.15, 0.2) is 11.0 Å². The lowest BCUT2D eigenvalue weighted by molar-refractivity contribution is 0.341. The van der Waals surface area contributed by atoms with Crippen LogP contribution in [0.2, 0.25) is 5.15 Å². The monoisotopic (exact) mass is 428 g/mol. The molecule has 1 aromatic carbocycles. The van der Waals surface area contributed by atoms with Gasteiger partial charge < -0.3 is 4.74 Å². The number of hydrogen-bond acceptors (Lipinski definition) is 6. The molecule has 144 valence electrons. The summed E-state index contributed by atoms with van der Waals surface area (Å²) in [4.78, 5) is 8.90. The van der Waals surface area contributed by atoms with Gasteiger partial charge in [0, 0.05) is 17.7 Å². The largest absolute Gasteiger partial charge is 0.493 e. The van der Waals surface area contributed by atoms with Crippen LogP contribution in [0.1, 0.15) is 26.0 Å². The summed E-state index contributed by atoms with van der Waals surface area (Å²) in [6.07, 6.45) is 1.63. The lowest BCUT2D eigenvalue weighted by atomic mass is 10.1. The number of halogens is 2. The minimum Gasteiger partial charge on any atom is -0.493 e. The smallest absolute Gasteiger partial charge is 0.261 e. The molecule has 0 unspecified atom stereocenters. The molecule has 3 rings (SSSR count). The molecular formula is C17H18Cl2N4O3S. The summed E-state index contributed by atoms with van der Waals surface area (Å²) in [6.45, 7) is 4.27. The van der Waals surface area contributed by atoms with E-state index in [0.717, 1.165) is 18.5 Å². The van der Waals surface area contributed by atoms with Gasteiger partial charge in [0.2, 0.25) is 0 Å². The van der Waals surface area contributed by atoms with Crippen LogP contribution in [0, 0.1) is 0 Å². The van der Waals surface area contributed by atoms with E-state index in [0.29, 0.717) is 29.0 Å². The van der Waals surface area contributed by atoms with Gasteiger partial charge in [0.25, 0.3) is 9.05 Å². The van der Waals surface area contributed by atoms with Crippen molar-refractivity contribution in [2.75, 3.05) is 6.61 Å². The van der Waals surface area contributed by atoms with Crippen LogP contribution in [0.5, 0.6) is 5.75 Å². The topological polar surface area (TPSA) is 87.0 Å². The highest BCUT2D eigenvalue weighted by Crippen LogP contribution is 2.34. The molecule has 0 radical (unpaired) electrons. The number of fused-ring (bicyclic) bond motifs is 1. The fourth-order valence-corrected chi connectivity index (χ4v) is 3.91. The van der Waals surface area contributed by atoms with Crippen molar-refractivity contribution in [1.82, 2.24) is 19.7 Å². The summed E-state index contributed by atoms with van der Waals surface area (Å²) in [5, 5.41) is 4.70. The first-order chi connectivity index (χ1) is 12.8. The summed E-state index contributed by atoms with van der Waals surface area (Å²) in [7, 11) is 3.36. The second-order valence-corrected chi connectivity index (χ2v) is 8.81. The van der Waals surface area contributed by atoms with Crippen molar-refractivity contribution in [1.29, 1.82) is 0 Å². The molecule has 0 aliphatic heterocycles. The molecule has 2 heterocycles. The number of nitrogens with zero attached hydrogens (tertiary/aromatic N) is 4. The third kappa shape index (κ3) is 3.88. The normalized spacial score (nSPS) is 11.9. The highest BCUT2D eigenvalue weighted by molar-refractivity contribution is 8.13.